The number of pyridine rings is 1. The molecule has 0 aliphatic carbocycles. The molecule has 0 atom stereocenters. The molecule has 0 aliphatic heterocycles. The molecule has 6 nitrogen and oxygen atoms in total. The van der Waals surface area contributed by atoms with Crippen molar-refractivity contribution in [1.29, 1.82) is 0 Å². The summed E-state index contributed by atoms with van der Waals surface area (Å²) < 4.78 is 0. The van der Waals surface area contributed by atoms with E-state index >= 15 is 0 Å². The Morgan fingerprint density at radius 1 is 1.15 bits per heavy atom. The van der Waals surface area contributed by atoms with Gasteiger partial charge in [0.15, 0.2) is 5.69 Å². The third-order valence-corrected chi connectivity index (χ3v) is 3.89. The van der Waals surface area contributed by atoms with Crippen molar-refractivity contribution >= 4 is 16.8 Å². The van der Waals surface area contributed by atoms with E-state index in [1.54, 1.807) is 0 Å². The second-order valence-electron chi connectivity index (χ2n) is 7.86. The zero-order chi connectivity index (χ0) is 18.9. The number of carbonyl (C=O) groups is 1. The van der Waals surface area contributed by atoms with Crippen LogP contribution in [0.4, 0.5) is 0 Å². The van der Waals surface area contributed by atoms with Gasteiger partial charge in [0.25, 0.3) is 5.91 Å². The van der Waals surface area contributed by atoms with E-state index in [0.717, 1.165) is 34.1 Å². The van der Waals surface area contributed by atoms with Crippen molar-refractivity contribution in [2.75, 3.05) is 14.1 Å². The van der Waals surface area contributed by atoms with Crippen molar-refractivity contribution in [2.24, 2.45) is 0 Å². The first kappa shape index (κ1) is 18.1. The zero-order valence-corrected chi connectivity index (χ0v) is 15.9. The Bertz CT molecular complexity index is 937. The minimum Gasteiger partial charge on any atom is -0.346 e. The summed E-state index contributed by atoms with van der Waals surface area (Å²) in [5.41, 5.74) is 4.11. The average Bonchev–Trinajstić information content (AvgIpc) is 2.96. The van der Waals surface area contributed by atoms with Crippen LogP contribution in [0.3, 0.4) is 0 Å². The van der Waals surface area contributed by atoms with Gasteiger partial charge in [-0.05, 0) is 64.2 Å². The fourth-order valence-electron chi connectivity index (χ4n) is 2.86. The number of fused-ring (bicyclic) bond motifs is 1. The van der Waals surface area contributed by atoms with Crippen LogP contribution in [0.1, 0.15) is 36.8 Å². The SMILES string of the molecule is CN(C)Cc1cncc(-c2ccc3[nH]nc(C(=O)NC(C)(C)C)c3c2)c1. The first-order chi connectivity index (χ1) is 12.2. The number of aromatic nitrogens is 3. The van der Waals surface area contributed by atoms with Crippen molar-refractivity contribution in [3.63, 3.8) is 0 Å². The Morgan fingerprint density at radius 2 is 1.92 bits per heavy atom. The third-order valence-electron chi connectivity index (χ3n) is 3.89. The van der Waals surface area contributed by atoms with Crippen LogP contribution in [0.5, 0.6) is 0 Å². The molecule has 0 bridgehead atoms. The average molecular weight is 351 g/mol. The van der Waals surface area contributed by atoms with Gasteiger partial charge in [-0.15, -0.1) is 0 Å². The van der Waals surface area contributed by atoms with Crippen molar-refractivity contribution < 1.29 is 4.79 Å². The fraction of sp³-hybridized carbons (Fsp3) is 0.350. The lowest BCUT2D eigenvalue weighted by molar-refractivity contribution is 0.0916. The van der Waals surface area contributed by atoms with Gasteiger partial charge in [-0.25, -0.2) is 0 Å². The summed E-state index contributed by atoms with van der Waals surface area (Å²) in [5.74, 6) is -0.180. The van der Waals surface area contributed by atoms with Crippen LogP contribution >= 0.6 is 0 Å². The van der Waals surface area contributed by atoms with Gasteiger partial charge in [-0.1, -0.05) is 6.07 Å². The molecule has 2 heterocycles. The van der Waals surface area contributed by atoms with Gasteiger partial charge in [0, 0.05) is 35.4 Å². The van der Waals surface area contributed by atoms with Crippen LogP contribution in [0.15, 0.2) is 36.7 Å². The molecule has 26 heavy (non-hydrogen) atoms. The molecule has 0 saturated carbocycles. The van der Waals surface area contributed by atoms with Crippen LogP contribution in [-0.2, 0) is 6.54 Å². The topological polar surface area (TPSA) is 73.9 Å². The molecular formula is C20H25N5O. The summed E-state index contributed by atoms with van der Waals surface area (Å²) in [6.07, 6.45) is 3.72. The summed E-state index contributed by atoms with van der Waals surface area (Å²) >= 11 is 0. The van der Waals surface area contributed by atoms with Crippen LogP contribution < -0.4 is 5.32 Å². The van der Waals surface area contributed by atoms with Crippen molar-refractivity contribution in [1.82, 2.24) is 25.4 Å². The fourth-order valence-corrected chi connectivity index (χ4v) is 2.86. The Kier molecular flexibility index (Phi) is 4.78. The number of benzene rings is 1. The lowest BCUT2D eigenvalue weighted by atomic mass is 10.0. The molecule has 0 spiro atoms. The predicted molar refractivity (Wildman–Crippen MR) is 104 cm³/mol. The molecule has 0 fully saturated rings. The highest BCUT2D eigenvalue weighted by Gasteiger charge is 2.20. The van der Waals surface area contributed by atoms with Crippen molar-refractivity contribution in [3.05, 3.63) is 47.9 Å². The molecule has 136 valence electrons. The van der Waals surface area contributed by atoms with E-state index < -0.39 is 0 Å². The molecule has 0 saturated heterocycles. The molecular weight excluding hydrogens is 326 g/mol. The lowest BCUT2D eigenvalue weighted by Crippen LogP contribution is -2.40. The molecule has 6 heteroatoms. The number of H-pyrrole nitrogens is 1. The summed E-state index contributed by atoms with van der Waals surface area (Å²) in [4.78, 5) is 19.0. The highest BCUT2D eigenvalue weighted by molar-refractivity contribution is 6.05. The zero-order valence-electron chi connectivity index (χ0n) is 15.9. The number of hydrogen-bond donors (Lipinski definition) is 2. The first-order valence-corrected chi connectivity index (χ1v) is 8.62. The maximum Gasteiger partial charge on any atom is 0.272 e. The van der Waals surface area contributed by atoms with Gasteiger partial charge < -0.3 is 10.2 Å². The second-order valence-corrected chi connectivity index (χ2v) is 7.86. The van der Waals surface area contributed by atoms with Gasteiger partial charge in [-0.3, -0.25) is 14.9 Å². The van der Waals surface area contributed by atoms with Gasteiger partial charge in [0.1, 0.15) is 0 Å². The summed E-state index contributed by atoms with van der Waals surface area (Å²) in [6.45, 7) is 6.68. The van der Waals surface area contributed by atoms with Crippen LogP contribution in [0.25, 0.3) is 22.0 Å². The van der Waals surface area contributed by atoms with E-state index in [1.807, 2.05) is 65.5 Å². The monoisotopic (exact) mass is 351 g/mol. The van der Waals surface area contributed by atoms with E-state index in [1.165, 1.54) is 0 Å². The Labute approximate surface area is 153 Å². The maximum absolute atomic E-state index is 12.5. The molecule has 3 rings (SSSR count). The Balaban J connectivity index is 1.99. The largest absolute Gasteiger partial charge is 0.346 e. The number of hydrogen-bond acceptors (Lipinski definition) is 4. The molecule has 2 N–H and O–H groups in total. The normalized spacial score (nSPS) is 11.9. The van der Waals surface area contributed by atoms with Gasteiger partial charge >= 0.3 is 0 Å². The maximum atomic E-state index is 12.5. The molecule has 1 aromatic carbocycles. The van der Waals surface area contributed by atoms with E-state index in [4.69, 9.17) is 0 Å². The molecule has 0 unspecified atom stereocenters. The molecule has 0 aliphatic rings. The minimum absolute atomic E-state index is 0.180. The molecule has 3 aromatic rings. The smallest absolute Gasteiger partial charge is 0.272 e. The minimum atomic E-state index is -0.315. The van der Waals surface area contributed by atoms with E-state index in [-0.39, 0.29) is 11.4 Å². The number of amides is 1. The quantitative estimate of drug-likeness (QED) is 0.757. The standard InChI is InChI=1S/C20H25N5O/c1-20(2,3)22-19(26)18-16-9-14(6-7-17(16)23-24-18)15-8-13(10-21-11-15)12-25(4)5/h6-11H,12H2,1-5H3,(H,22,26)(H,23,24). The highest BCUT2D eigenvalue weighted by Crippen LogP contribution is 2.26. The van der Waals surface area contributed by atoms with E-state index in [2.05, 4.69) is 31.5 Å². The van der Waals surface area contributed by atoms with Crippen molar-refractivity contribution in [2.45, 2.75) is 32.9 Å². The number of carbonyl (C=O) groups excluding carboxylic acids is 1. The number of nitrogens with one attached hydrogen (secondary N) is 2. The van der Waals surface area contributed by atoms with Crippen molar-refractivity contribution in [3.8, 4) is 11.1 Å². The van der Waals surface area contributed by atoms with Crippen LogP contribution in [0.2, 0.25) is 0 Å². The molecule has 1 amide bonds. The number of rotatable bonds is 4. The summed E-state index contributed by atoms with van der Waals surface area (Å²) in [6, 6.07) is 8.09. The number of nitrogens with zero attached hydrogens (tertiary/aromatic N) is 3. The predicted octanol–water partition coefficient (Wildman–Crippen LogP) is 3.21. The van der Waals surface area contributed by atoms with Crippen LogP contribution in [0, 0.1) is 0 Å². The van der Waals surface area contributed by atoms with E-state index in [0.29, 0.717) is 5.69 Å². The second kappa shape index (κ2) is 6.88. The molecule has 2 aromatic heterocycles. The van der Waals surface area contributed by atoms with Gasteiger partial charge in [0.05, 0.1) is 5.52 Å². The highest BCUT2D eigenvalue weighted by atomic mass is 16.2. The number of aromatic amines is 1. The molecule has 0 radical (unpaired) electrons. The summed E-state index contributed by atoms with van der Waals surface area (Å²) in [7, 11) is 4.06. The van der Waals surface area contributed by atoms with Crippen LogP contribution in [-0.4, -0.2) is 45.6 Å². The van der Waals surface area contributed by atoms with E-state index in [9.17, 15) is 4.79 Å². The van der Waals surface area contributed by atoms with Gasteiger partial charge in [-0.2, -0.15) is 5.10 Å². The lowest BCUT2D eigenvalue weighted by Gasteiger charge is -2.19. The Hall–Kier alpha value is -2.73. The Morgan fingerprint density at radius 3 is 2.62 bits per heavy atom. The first-order valence-electron chi connectivity index (χ1n) is 8.62. The van der Waals surface area contributed by atoms with Gasteiger partial charge in [0.2, 0.25) is 0 Å². The third kappa shape index (κ3) is 4.08. The summed E-state index contributed by atoms with van der Waals surface area (Å²) in [5, 5.41) is 10.9.